The van der Waals surface area contributed by atoms with E-state index in [4.69, 9.17) is 17.3 Å². The van der Waals surface area contributed by atoms with Crippen LogP contribution in [-0.4, -0.2) is 42.4 Å². The molecule has 0 radical (unpaired) electrons. The Hall–Kier alpha value is -1.59. The van der Waals surface area contributed by atoms with Crippen molar-refractivity contribution in [2.75, 3.05) is 19.6 Å². The highest BCUT2D eigenvalue weighted by atomic mass is 35.5. The van der Waals surface area contributed by atoms with Crippen LogP contribution in [0.1, 0.15) is 44.1 Å². The summed E-state index contributed by atoms with van der Waals surface area (Å²) in [5.41, 5.74) is 5.90. The highest BCUT2D eigenvalue weighted by Crippen LogP contribution is 2.41. The van der Waals surface area contributed by atoms with Gasteiger partial charge in [-0.3, -0.25) is 14.5 Å². The minimum Gasteiger partial charge on any atom is -0.369 e. The van der Waals surface area contributed by atoms with E-state index in [1.165, 1.54) is 0 Å². The molecule has 136 valence electrons. The van der Waals surface area contributed by atoms with Crippen LogP contribution in [0.25, 0.3) is 0 Å². The van der Waals surface area contributed by atoms with Crippen molar-refractivity contribution in [3.8, 4) is 0 Å². The number of hydrogen-bond donors (Lipinski definition) is 2. The predicted molar refractivity (Wildman–Crippen MR) is 98.4 cm³/mol. The molecule has 1 aromatic carbocycles. The van der Waals surface area contributed by atoms with Gasteiger partial charge in [0.1, 0.15) is 0 Å². The maximum Gasteiger partial charge on any atom is 0.231 e. The minimum absolute atomic E-state index is 0.0744. The summed E-state index contributed by atoms with van der Waals surface area (Å²) in [6.45, 7) is 1.80. The second-order valence-electron chi connectivity index (χ2n) is 7.31. The molecule has 0 bridgehead atoms. The number of nitrogens with one attached hydrogen (secondary N) is 1. The number of rotatable bonds is 5. The van der Waals surface area contributed by atoms with Gasteiger partial charge in [0.25, 0.3) is 0 Å². The predicted octanol–water partition coefficient (Wildman–Crippen LogP) is 2.22. The number of piperidine rings is 1. The maximum atomic E-state index is 13.2. The van der Waals surface area contributed by atoms with Gasteiger partial charge in [-0.2, -0.15) is 0 Å². The van der Waals surface area contributed by atoms with Gasteiger partial charge >= 0.3 is 0 Å². The van der Waals surface area contributed by atoms with Crippen molar-refractivity contribution in [2.24, 2.45) is 5.73 Å². The average molecular weight is 364 g/mol. The lowest BCUT2D eigenvalue weighted by Crippen LogP contribution is -2.53. The molecule has 1 aliphatic heterocycles. The molecule has 1 saturated carbocycles. The fourth-order valence-electron chi connectivity index (χ4n) is 4.26. The third-order valence-corrected chi connectivity index (χ3v) is 5.76. The number of likely N-dealkylation sites (tertiary alicyclic amines) is 1. The summed E-state index contributed by atoms with van der Waals surface area (Å²) < 4.78 is 0. The van der Waals surface area contributed by atoms with Crippen molar-refractivity contribution in [2.45, 2.75) is 50.0 Å². The second kappa shape index (κ2) is 7.75. The van der Waals surface area contributed by atoms with Gasteiger partial charge in [-0.25, -0.2) is 0 Å². The van der Waals surface area contributed by atoms with Crippen LogP contribution in [0.2, 0.25) is 5.02 Å². The van der Waals surface area contributed by atoms with Crippen LogP contribution in [0.4, 0.5) is 0 Å². The van der Waals surface area contributed by atoms with E-state index in [0.29, 0.717) is 11.6 Å². The van der Waals surface area contributed by atoms with Gasteiger partial charge in [0.15, 0.2) is 0 Å². The topological polar surface area (TPSA) is 75.4 Å². The van der Waals surface area contributed by atoms with Crippen LogP contribution in [0.3, 0.4) is 0 Å². The van der Waals surface area contributed by atoms with Crippen molar-refractivity contribution in [3.63, 3.8) is 0 Å². The van der Waals surface area contributed by atoms with E-state index in [1.807, 2.05) is 29.2 Å². The van der Waals surface area contributed by atoms with Crippen molar-refractivity contribution < 1.29 is 9.59 Å². The van der Waals surface area contributed by atoms with Gasteiger partial charge in [0, 0.05) is 17.6 Å². The molecule has 2 aliphatic rings. The zero-order valence-corrected chi connectivity index (χ0v) is 15.2. The Bertz CT molecular complexity index is 626. The van der Waals surface area contributed by atoms with Gasteiger partial charge in [0.05, 0.1) is 12.0 Å². The minimum atomic E-state index is -0.448. The van der Waals surface area contributed by atoms with Crippen LogP contribution in [0, 0.1) is 0 Å². The normalized spacial score (nSPS) is 23.3. The first-order valence-corrected chi connectivity index (χ1v) is 9.45. The molecule has 1 heterocycles. The Labute approximate surface area is 153 Å². The van der Waals surface area contributed by atoms with Crippen molar-refractivity contribution in [3.05, 3.63) is 34.9 Å². The zero-order chi connectivity index (χ0) is 17.9. The monoisotopic (exact) mass is 363 g/mol. The lowest BCUT2D eigenvalue weighted by Gasteiger charge is -2.35. The van der Waals surface area contributed by atoms with E-state index in [-0.39, 0.29) is 24.4 Å². The Kier molecular flexibility index (Phi) is 5.64. The summed E-state index contributed by atoms with van der Waals surface area (Å²) >= 11 is 6.01. The molecule has 0 aromatic heterocycles. The molecule has 3 rings (SSSR count). The Morgan fingerprint density at radius 3 is 2.52 bits per heavy atom. The molecular weight excluding hydrogens is 338 g/mol. The summed E-state index contributed by atoms with van der Waals surface area (Å²) in [6.07, 6.45) is 5.78. The van der Waals surface area contributed by atoms with Gasteiger partial charge in [-0.05, 0) is 49.9 Å². The molecule has 25 heavy (non-hydrogen) atoms. The van der Waals surface area contributed by atoms with Crippen LogP contribution in [0.15, 0.2) is 24.3 Å². The van der Waals surface area contributed by atoms with Crippen LogP contribution in [0.5, 0.6) is 0 Å². The number of carbonyl (C=O) groups excluding carboxylic acids is 2. The molecule has 2 amide bonds. The van der Waals surface area contributed by atoms with Gasteiger partial charge < -0.3 is 11.1 Å². The number of nitrogens with zero attached hydrogens (tertiary/aromatic N) is 1. The SMILES string of the molecule is NC(=O)CN1CCC[C@@H](NC(=O)C2(c3ccc(Cl)cc3)CCCC2)C1. The molecule has 0 unspecified atom stereocenters. The van der Waals surface area contributed by atoms with Crippen molar-refractivity contribution >= 4 is 23.4 Å². The molecule has 1 aliphatic carbocycles. The fraction of sp³-hybridized carbons (Fsp3) is 0.579. The third kappa shape index (κ3) is 4.15. The lowest BCUT2D eigenvalue weighted by atomic mass is 9.77. The van der Waals surface area contributed by atoms with Gasteiger partial charge in [0.2, 0.25) is 11.8 Å². The molecule has 1 aromatic rings. The summed E-state index contributed by atoms with van der Waals surface area (Å²) in [5.74, 6) is -0.210. The quantitative estimate of drug-likeness (QED) is 0.842. The largest absolute Gasteiger partial charge is 0.369 e. The number of primary amides is 1. The second-order valence-corrected chi connectivity index (χ2v) is 7.75. The van der Waals surface area contributed by atoms with Crippen molar-refractivity contribution in [1.82, 2.24) is 10.2 Å². The molecule has 1 atom stereocenters. The van der Waals surface area contributed by atoms with Gasteiger partial charge in [-0.1, -0.05) is 36.6 Å². The van der Waals surface area contributed by atoms with Crippen molar-refractivity contribution in [1.29, 1.82) is 0 Å². The average Bonchev–Trinajstić information content (AvgIpc) is 3.06. The number of hydrogen-bond acceptors (Lipinski definition) is 3. The smallest absolute Gasteiger partial charge is 0.231 e. The third-order valence-electron chi connectivity index (χ3n) is 5.51. The van der Waals surface area contributed by atoms with E-state index >= 15 is 0 Å². The van der Waals surface area contributed by atoms with E-state index in [2.05, 4.69) is 5.32 Å². The van der Waals surface area contributed by atoms with E-state index in [0.717, 1.165) is 50.6 Å². The Balaban J connectivity index is 1.71. The lowest BCUT2D eigenvalue weighted by molar-refractivity contribution is -0.127. The zero-order valence-electron chi connectivity index (χ0n) is 14.5. The Morgan fingerprint density at radius 1 is 1.20 bits per heavy atom. The number of amides is 2. The molecule has 5 nitrogen and oxygen atoms in total. The molecule has 0 spiro atoms. The standard InChI is InChI=1S/C19H26ClN3O2/c20-15-7-5-14(6-8-15)19(9-1-2-10-19)18(25)22-16-4-3-11-23(12-16)13-17(21)24/h5-8,16H,1-4,9-13H2,(H2,21,24)(H,22,25)/t16-/m1/s1. The summed E-state index contributed by atoms with van der Waals surface area (Å²) in [5, 5.41) is 3.94. The molecule has 1 saturated heterocycles. The molecular formula is C19H26ClN3O2. The first kappa shape index (κ1) is 18.2. The van der Waals surface area contributed by atoms with Crippen LogP contribution < -0.4 is 11.1 Å². The molecule has 2 fully saturated rings. The summed E-state index contributed by atoms with van der Waals surface area (Å²) in [6, 6.07) is 7.75. The highest BCUT2D eigenvalue weighted by Gasteiger charge is 2.43. The number of benzene rings is 1. The van der Waals surface area contributed by atoms with Crippen LogP contribution in [-0.2, 0) is 15.0 Å². The summed E-state index contributed by atoms with van der Waals surface area (Å²) in [4.78, 5) is 26.4. The number of carbonyl (C=O) groups is 2. The van der Waals surface area contributed by atoms with E-state index in [1.54, 1.807) is 0 Å². The first-order chi connectivity index (χ1) is 12.0. The molecule has 6 heteroatoms. The number of halogens is 1. The van der Waals surface area contributed by atoms with Crippen LogP contribution >= 0.6 is 11.6 Å². The first-order valence-electron chi connectivity index (χ1n) is 9.07. The number of nitrogens with two attached hydrogens (primary N) is 1. The highest BCUT2D eigenvalue weighted by molar-refractivity contribution is 6.30. The van der Waals surface area contributed by atoms with E-state index in [9.17, 15) is 9.59 Å². The molecule has 3 N–H and O–H groups in total. The van der Waals surface area contributed by atoms with Gasteiger partial charge in [-0.15, -0.1) is 0 Å². The summed E-state index contributed by atoms with van der Waals surface area (Å²) in [7, 11) is 0. The fourth-order valence-corrected chi connectivity index (χ4v) is 4.38. The Morgan fingerprint density at radius 2 is 1.88 bits per heavy atom. The maximum absolute atomic E-state index is 13.2. The van der Waals surface area contributed by atoms with E-state index < -0.39 is 5.41 Å².